The van der Waals surface area contributed by atoms with Crippen molar-refractivity contribution in [3.8, 4) is 0 Å². The summed E-state index contributed by atoms with van der Waals surface area (Å²) >= 11 is 12.0. The van der Waals surface area contributed by atoms with Crippen LogP contribution in [-0.2, 0) is 22.8 Å². The summed E-state index contributed by atoms with van der Waals surface area (Å²) in [5.41, 5.74) is 2.09. The summed E-state index contributed by atoms with van der Waals surface area (Å²) in [5.74, 6) is 0.758. The molecule has 28 heavy (non-hydrogen) atoms. The maximum absolute atomic E-state index is 11.5. The molecule has 0 aliphatic heterocycles. The lowest BCUT2D eigenvalue weighted by Gasteiger charge is -2.22. The van der Waals surface area contributed by atoms with E-state index in [2.05, 4.69) is 10.3 Å². The molecule has 0 aliphatic carbocycles. The van der Waals surface area contributed by atoms with Gasteiger partial charge in [-0.1, -0.05) is 41.4 Å². The zero-order valence-corrected chi connectivity index (χ0v) is 20.6. The lowest BCUT2D eigenvalue weighted by Crippen LogP contribution is -2.39. The second-order valence-electron chi connectivity index (χ2n) is 6.24. The third-order valence-electron chi connectivity index (χ3n) is 4.03. The predicted molar refractivity (Wildman–Crippen MR) is 128 cm³/mol. The number of nitrogens with zero attached hydrogens (tertiary/aromatic N) is 2. The summed E-state index contributed by atoms with van der Waals surface area (Å²) < 4.78 is 23.0. The van der Waals surface area contributed by atoms with Crippen molar-refractivity contribution >= 4 is 63.0 Å². The van der Waals surface area contributed by atoms with E-state index in [4.69, 9.17) is 23.2 Å². The Kier molecular flexibility index (Phi) is 10.0. The predicted octanol–water partition coefficient (Wildman–Crippen LogP) is 4.26. The molecule has 2 aromatic carbocycles. The van der Waals surface area contributed by atoms with Crippen LogP contribution < -0.4 is 5.32 Å². The van der Waals surface area contributed by atoms with Gasteiger partial charge in [0.15, 0.2) is 15.8 Å². The fraction of sp³-hybridized carbons (Fsp3) is 0.316. The summed E-state index contributed by atoms with van der Waals surface area (Å²) in [6.45, 7) is 1.32. The van der Waals surface area contributed by atoms with Crippen LogP contribution in [0.4, 0.5) is 0 Å². The van der Waals surface area contributed by atoms with Crippen molar-refractivity contribution in [1.82, 2.24) is 10.2 Å². The first-order valence-corrected chi connectivity index (χ1v) is 11.0. The van der Waals surface area contributed by atoms with Gasteiger partial charge in [0.25, 0.3) is 0 Å². The Hall–Kier alpha value is -1.03. The van der Waals surface area contributed by atoms with Gasteiger partial charge < -0.3 is 10.2 Å². The normalized spacial score (nSPS) is 11.7. The Balaban J connectivity index is 0.00000392. The molecule has 9 heteroatoms. The molecule has 0 amide bonds. The number of halogens is 3. The van der Waals surface area contributed by atoms with Crippen LogP contribution >= 0.6 is 47.2 Å². The summed E-state index contributed by atoms with van der Waals surface area (Å²) in [4.78, 5) is 6.62. The highest BCUT2D eigenvalue weighted by Crippen LogP contribution is 2.23. The number of benzene rings is 2. The van der Waals surface area contributed by atoms with Crippen LogP contribution in [0.15, 0.2) is 52.4 Å². The summed E-state index contributed by atoms with van der Waals surface area (Å²) in [6.07, 6.45) is 1.96. The van der Waals surface area contributed by atoms with Crippen molar-refractivity contribution in [3.05, 3.63) is 63.6 Å². The second-order valence-corrected chi connectivity index (χ2v) is 9.07. The van der Waals surface area contributed by atoms with E-state index in [-0.39, 0.29) is 24.0 Å². The average Bonchev–Trinajstić information content (AvgIpc) is 2.61. The highest BCUT2D eigenvalue weighted by Gasteiger charge is 2.09. The first kappa shape index (κ1) is 25.0. The molecule has 0 saturated carbocycles. The molecule has 1 N–H and O–H groups in total. The number of rotatable bonds is 6. The minimum Gasteiger partial charge on any atom is -0.356 e. The third-order valence-corrected chi connectivity index (χ3v) is 5.89. The van der Waals surface area contributed by atoms with E-state index < -0.39 is 9.84 Å². The van der Waals surface area contributed by atoms with Gasteiger partial charge in [-0.15, -0.1) is 24.0 Å². The molecule has 0 saturated heterocycles. The molecule has 5 nitrogen and oxygen atoms in total. The standard InChI is InChI=1S/C19H23Cl2N3O2S.HI/c1-22-19(24(2)13-15-6-9-17(20)18(21)12-15)23-11-10-14-4-7-16(8-5-14)27(3,25)26;/h4-9,12H,10-11,13H2,1-3H3,(H,22,23);1H. The zero-order valence-electron chi connectivity index (χ0n) is 15.9. The molecule has 0 fully saturated rings. The van der Waals surface area contributed by atoms with Crippen molar-refractivity contribution in [1.29, 1.82) is 0 Å². The van der Waals surface area contributed by atoms with Crippen LogP contribution in [0.25, 0.3) is 0 Å². The molecule has 0 unspecified atom stereocenters. The van der Waals surface area contributed by atoms with E-state index in [0.717, 1.165) is 23.5 Å². The molecule has 2 aromatic rings. The number of hydrogen-bond donors (Lipinski definition) is 1. The van der Waals surface area contributed by atoms with E-state index in [1.165, 1.54) is 6.26 Å². The second kappa shape index (κ2) is 11.2. The van der Waals surface area contributed by atoms with Crippen molar-refractivity contribution in [2.24, 2.45) is 4.99 Å². The van der Waals surface area contributed by atoms with Gasteiger partial charge in [-0.2, -0.15) is 0 Å². The van der Waals surface area contributed by atoms with Crippen LogP contribution in [-0.4, -0.2) is 46.2 Å². The van der Waals surface area contributed by atoms with Gasteiger partial charge in [-0.25, -0.2) is 8.42 Å². The fourth-order valence-electron chi connectivity index (χ4n) is 2.59. The lowest BCUT2D eigenvalue weighted by molar-refractivity contribution is 0.477. The summed E-state index contributed by atoms with van der Waals surface area (Å²) in [6, 6.07) is 12.5. The minimum atomic E-state index is -3.16. The van der Waals surface area contributed by atoms with Crippen molar-refractivity contribution in [2.75, 3.05) is 26.9 Å². The Morgan fingerprint density at radius 1 is 1.07 bits per heavy atom. The topological polar surface area (TPSA) is 61.8 Å². The molecule has 154 valence electrons. The Morgan fingerprint density at radius 2 is 1.68 bits per heavy atom. The van der Waals surface area contributed by atoms with Crippen molar-refractivity contribution in [3.63, 3.8) is 0 Å². The number of sulfone groups is 1. The number of aliphatic imine (C=N–C) groups is 1. The fourth-order valence-corrected chi connectivity index (χ4v) is 3.54. The van der Waals surface area contributed by atoms with Gasteiger partial charge in [0.2, 0.25) is 0 Å². The molecular formula is C19H24Cl2IN3O2S. The molecule has 0 aliphatic rings. The molecule has 0 radical (unpaired) electrons. The van der Waals surface area contributed by atoms with E-state index in [0.29, 0.717) is 28.0 Å². The summed E-state index contributed by atoms with van der Waals surface area (Å²) in [7, 11) is 0.511. The van der Waals surface area contributed by atoms with Crippen LogP contribution in [0.2, 0.25) is 10.0 Å². The smallest absolute Gasteiger partial charge is 0.193 e. The lowest BCUT2D eigenvalue weighted by atomic mass is 10.1. The highest BCUT2D eigenvalue weighted by atomic mass is 127. The van der Waals surface area contributed by atoms with E-state index in [1.807, 2.05) is 36.2 Å². The minimum absolute atomic E-state index is 0. The Morgan fingerprint density at radius 3 is 2.21 bits per heavy atom. The number of guanidine groups is 1. The molecule has 0 heterocycles. The Labute approximate surface area is 194 Å². The molecule has 0 aromatic heterocycles. The van der Waals surface area contributed by atoms with Gasteiger partial charge in [-0.3, -0.25) is 4.99 Å². The maximum atomic E-state index is 11.5. The van der Waals surface area contributed by atoms with E-state index in [9.17, 15) is 8.42 Å². The van der Waals surface area contributed by atoms with Gasteiger partial charge in [0, 0.05) is 33.4 Å². The van der Waals surface area contributed by atoms with E-state index >= 15 is 0 Å². The molecule has 2 rings (SSSR count). The monoisotopic (exact) mass is 555 g/mol. The van der Waals surface area contributed by atoms with Crippen LogP contribution in [0.5, 0.6) is 0 Å². The highest BCUT2D eigenvalue weighted by molar-refractivity contribution is 14.0. The zero-order chi connectivity index (χ0) is 20.0. The maximum Gasteiger partial charge on any atom is 0.193 e. The van der Waals surface area contributed by atoms with E-state index in [1.54, 1.807) is 25.2 Å². The number of hydrogen-bond acceptors (Lipinski definition) is 3. The van der Waals surface area contributed by atoms with Gasteiger partial charge >= 0.3 is 0 Å². The van der Waals surface area contributed by atoms with Gasteiger partial charge in [0.1, 0.15) is 0 Å². The SMILES string of the molecule is CN=C(NCCc1ccc(S(C)(=O)=O)cc1)N(C)Cc1ccc(Cl)c(Cl)c1.I. The third kappa shape index (κ3) is 7.42. The summed E-state index contributed by atoms with van der Waals surface area (Å²) in [5, 5.41) is 4.37. The average molecular weight is 556 g/mol. The van der Waals surface area contributed by atoms with Crippen LogP contribution in [0.3, 0.4) is 0 Å². The van der Waals surface area contributed by atoms with Crippen molar-refractivity contribution < 1.29 is 8.42 Å². The molecule has 0 bridgehead atoms. The molecular weight excluding hydrogens is 532 g/mol. The van der Waals surface area contributed by atoms with Gasteiger partial charge in [0.05, 0.1) is 14.9 Å². The molecule has 0 spiro atoms. The Bertz CT molecular complexity index is 919. The van der Waals surface area contributed by atoms with Gasteiger partial charge in [-0.05, 0) is 41.8 Å². The first-order chi connectivity index (χ1) is 12.7. The quantitative estimate of drug-likeness (QED) is 0.328. The van der Waals surface area contributed by atoms with Crippen LogP contribution in [0.1, 0.15) is 11.1 Å². The number of nitrogens with one attached hydrogen (secondary N) is 1. The van der Waals surface area contributed by atoms with Crippen LogP contribution in [0, 0.1) is 0 Å². The first-order valence-electron chi connectivity index (χ1n) is 8.35. The van der Waals surface area contributed by atoms with Crippen molar-refractivity contribution in [2.45, 2.75) is 17.9 Å². The molecule has 0 atom stereocenters. The largest absolute Gasteiger partial charge is 0.356 e.